The Balaban J connectivity index is 1.25. The van der Waals surface area contributed by atoms with Gasteiger partial charge in [-0.2, -0.15) is 10.5 Å². The smallest absolute Gasteiger partial charge is 0.254 e. The van der Waals surface area contributed by atoms with Crippen LogP contribution in [0.5, 0.6) is 0 Å². The maximum Gasteiger partial charge on any atom is 0.254 e. The second-order valence-corrected chi connectivity index (χ2v) is 11.1. The molecule has 2 fully saturated rings. The van der Waals surface area contributed by atoms with E-state index in [4.69, 9.17) is 0 Å². The Morgan fingerprint density at radius 1 is 0.775 bits per heavy atom. The number of aryl methyl sites for hydroxylation is 2. The van der Waals surface area contributed by atoms with Gasteiger partial charge in [0, 0.05) is 44.8 Å². The van der Waals surface area contributed by atoms with E-state index < -0.39 is 0 Å². The summed E-state index contributed by atoms with van der Waals surface area (Å²) in [6, 6.07) is 24.5. The number of carbonyl (C=O) groups is 1. The number of nitrogens with zero attached hydrogens (tertiary/aromatic N) is 5. The van der Waals surface area contributed by atoms with Gasteiger partial charge in [-0.15, -0.1) is 0 Å². The van der Waals surface area contributed by atoms with E-state index in [0.717, 1.165) is 79.9 Å². The molecular weight excluding hydrogens is 494 g/mol. The summed E-state index contributed by atoms with van der Waals surface area (Å²) in [7, 11) is 0. The first-order chi connectivity index (χ1) is 19.5. The number of rotatable bonds is 5. The van der Waals surface area contributed by atoms with Crippen molar-refractivity contribution >= 4 is 17.3 Å². The zero-order chi connectivity index (χ0) is 28.1. The zero-order valence-corrected chi connectivity index (χ0v) is 23.6. The predicted molar refractivity (Wildman–Crippen MR) is 160 cm³/mol. The highest BCUT2D eigenvalue weighted by atomic mass is 16.2. The minimum atomic E-state index is 0.104. The number of benzene rings is 3. The van der Waals surface area contributed by atoms with Crippen molar-refractivity contribution < 1.29 is 4.79 Å². The molecule has 2 saturated heterocycles. The number of amides is 1. The van der Waals surface area contributed by atoms with Gasteiger partial charge >= 0.3 is 0 Å². The van der Waals surface area contributed by atoms with Crippen LogP contribution >= 0.6 is 0 Å². The third-order valence-electron chi connectivity index (χ3n) is 8.57. The van der Waals surface area contributed by atoms with Gasteiger partial charge in [0.05, 0.1) is 22.5 Å². The Labute approximate surface area is 238 Å². The molecule has 0 bridgehead atoms. The summed E-state index contributed by atoms with van der Waals surface area (Å²) in [5.74, 6) is 0.652. The molecule has 5 rings (SSSR count). The van der Waals surface area contributed by atoms with Crippen LogP contribution in [-0.4, -0.2) is 50.1 Å². The summed E-state index contributed by atoms with van der Waals surface area (Å²) >= 11 is 0. The van der Waals surface area contributed by atoms with E-state index in [-0.39, 0.29) is 5.91 Å². The predicted octanol–water partition coefficient (Wildman–Crippen LogP) is 5.86. The first kappa shape index (κ1) is 27.3. The van der Waals surface area contributed by atoms with Crippen molar-refractivity contribution in [3.8, 4) is 12.1 Å². The summed E-state index contributed by atoms with van der Waals surface area (Å²) in [6.07, 6.45) is 4.29. The Bertz CT molecular complexity index is 1460. The van der Waals surface area contributed by atoms with Crippen LogP contribution in [0, 0.1) is 42.4 Å². The van der Waals surface area contributed by atoms with Crippen LogP contribution < -0.4 is 9.80 Å². The van der Waals surface area contributed by atoms with Crippen LogP contribution in [0.3, 0.4) is 0 Å². The van der Waals surface area contributed by atoms with E-state index in [9.17, 15) is 15.3 Å². The average Bonchev–Trinajstić information content (AvgIpc) is 3.23. The van der Waals surface area contributed by atoms with Gasteiger partial charge in [-0.25, -0.2) is 0 Å². The van der Waals surface area contributed by atoms with Gasteiger partial charge in [-0.1, -0.05) is 30.3 Å². The zero-order valence-electron chi connectivity index (χ0n) is 23.6. The molecule has 6 nitrogen and oxygen atoms in total. The number of carbonyl (C=O) groups excluding carboxylic acids is 1. The molecule has 0 radical (unpaired) electrons. The highest BCUT2D eigenvalue weighted by molar-refractivity contribution is 5.96. The third kappa shape index (κ3) is 5.82. The highest BCUT2D eigenvalue weighted by Crippen LogP contribution is 2.29. The largest absolute Gasteiger partial charge is 0.370 e. The lowest BCUT2D eigenvalue weighted by Gasteiger charge is -2.36. The van der Waals surface area contributed by atoms with Crippen LogP contribution in [0.25, 0.3) is 0 Å². The van der Waals surface area contributed by atoms with Gasteiger partial charge in [0.1, 0.15) is 12.1 Å². The Morgan fingerprint density at radius 2 is 1.38 bits per heavy atom. The molecule has 0 spiro atoms. The van der Waals surface area contributed by atoms with Crippen molar-refractivity contribution in [2.24, 2.45) is 5.92 Å². The maximum atomic E-state index is 13.7. The van der Waals surface area contributed by atoms with Crippen molar-refractivity contribution in [2.75, 3.05) is 49.1 Å². The molecule has 40 heavy (non-hydrogen) atoms. The van der Waals surface area contributed by atoms with E-state index in [2.05, 4.69) is 47.1 Å². The third-order valence-corrected chi connectivity index (χ3v) is 8.57. The lowest BCUT2D eigenvalue weighted by Crippen LogP contribution is -2.49. The van der Waals surface area contributed by atoms with Crippen molar-refractivity contribution in [3.63, 3.8) is 0 Å². The molecule has 1 unspecified atom stereocenters. The summed E-state index contributed by atoms with van der Waals surface area (Å²) in [6.45, 7) is 8.84. The first-order valence-electron chi connectivity index (χ1n) is 14.4. The van der Waals surface area contributed by atoms with Gasteiger partial charge in [-0.05, 0) is 92.5 Å². The molecule has 0 N–H and O–H groups in total. The number of anilines is 2. The lowest BCUT2D eigenvalue weighted by atomic mass is 9.88. The monoisotopic (exact) mass is 531 g/mol. The fourth-order valence-electron chi connectivity index (χ4n) is 6.28. The topological polar surface area (TPSA) is 74.4 Å². The number of nitriles is 2. The van der Waals surface area contributed by atoms with Gasteiger partial charge in [0.25, 0.3) is 5.91 Å². The fraction of sp³-hybridized carbons (Fsp3) is 0.382. The van der Waals surface area contributed by atoms with E-state index in [0.29, 0.717) is 24.6 Å². The number of piperazine rings is 1. The molecule has 2 heterocycles. The van der Waals surface area contributed by atoms with Crippen molar-refractivity contribution in [1.82, 2.24) is 4.90 Å². The quantitative estimate of drug-likeness (QED) is 0.412. The van der Waals surface area contributed by atoms with Crippen LogP contribution in [0.4, 0.5) is 11.4 Å². The summed E-state index contributed by atoms with van der Waals surface area (Å²) in [4.78, 5) is 20.2. The maximum absolute atomic E-state index is 13.7. The Hall–Kier alpha value is -4.29. The lowest BCUT2D eigenvalue weighted by molar-refractivity contribution is 0.0746. The second-order valence-electron chi connectivity index (χ2n) is 11.1. The standard InChI is InChI=1S/C34H37N5O/c1-25-20-26(2)31(34(40)39-18-16-38(17-19-39)33-12-6-4-10-29(33)24-36)22-30(25)21-27-8-7-14-37(15-13-27)32-11-5-3-9-28(32)23-35/h3-6,9-12,20,22,27H,7-8,13-19,21H2,1-2H3. The molecule has 6 heteroatoms. The summed E-state index contributed by atoms with van der Waals surface area (Å²) in [5, 5.41) is 19.0. The normalized spacial score (nSPS) is 17.6. The molecule has 3 aromatic rings. The summed E-state index contributed by atoms with van der Waals surface area (Å²) in [5.41, 5.74) is 7.78. The minimum absolute atomic E-state index is 0.104. The molecular formula is C34H37N5O. The summed E-state index contributed by atoms with van der Waals surface area (Å²) < 4.78 is 0. The van der Waals surface area contributed by atoms with Crippen molar-refractivity contribution in [2.45, 2.75) is 39.5 Å². The minimum Gasteiger partial charge on any atom is -0.370 e. The van der Waals surface area contributed by atoms with Crippen LogP contribution in [-0.2, 0) is 6.42 Å². The van der Waals surface area contributed by atoms with Gasteiger partial charge in [0.15, 0.2) is 0 Å². The van der Waals surface area contributed by atoms with Gasteiger partial charge in [-0.3, -0.25) is 4.79 Å². The molecule has 0 saturated carbocycles. The Kier molecular flexibility index (Phi) is 8.37. The SMILES string of the molecule is Cc1cc(C)c(C(=O)N2CCN(c3ccccc3C#N)CC2)cc1CC1CCCN(c2ccccc2C#N)CC1. The van der Waals surface area contributed by atoms with E-state index in [1.165, 1.54) is 11.1 Å². The van der Waals surface area contributed by atoms with Crippen molar-refractivity contribution in [3.05, 3.63) is 94.0 Å². The van der Waals surface area contributed by atoms with Crippen LogP contribution in [0.15, 0.2) is 60.7 Å². The Morgan fingerprint density at radius 3 is 2.00 bits per heavy atom. The van der Waals surface area contributed by atoms with Crippen LogP contribution in [0.2, 0.25) is 0 Å². The van der Waals surface area contributed by atoms with Crippen LogP contribution in [0.1, 0.15) is 57.4 Å². The molecule has 1 amide bonds. The van der Waals surface area contributed by atoms with Crippen molar-refractivity contribution in [1.29, 1.82) is 10.5 Å². The molecule has 204 valence electrons. The number of hydrogen-bond donors (Lipinski definition) is 0. The molecule has 3 aromatic carbocycles. The molecule has 2 aliphatic rings. The molecule has 1 atom stereocenters. The van der Waals surface area contributed by atoms with Gasteiger partial charge in [0.2, 0.25) is 0 Å². The van der Waals surface area contributed by atoms with E-state index in [1.807, 2.05) is 54.3 Å². The molecule has 0 aromatic heterocycles. The molecule has 0 aliphatic carbocycles. The molecule has 2 aliphatic heterocycles. The average molecular weight is 532 g/mol. The first-order valence-corrected chi connectivity index (χ1v) is 14.4. The highest BCUT2D eigenvalue weighted by Gasteiger charge is 2.26. The van der Waals surface area contributed by atoms with Gasteiger partial charge < -0.3 is 14.7 Å². The van der Waals surface area contributed by atoms with E-state index >= 15 is 0 Å². The number of para-hydroxylation sites is 2. The number of hydrogen-bond acceptors (Lipinski definition) is 5. The fourth-order valence-corrected chi connectivity index (χ4v) is 6.28. The second kappa shape index (κ2) is 12.3. The van der Waals surface area contributed by atoms with E-state index in [1.54, 1.807) is 0 Å².